The van der Waals surface area contributed by atoms with Gasteiger partial charge in [-0.1, -0.05) is 58.0 Å². The largest absolute Gasteiger partial charge is 0.373 e. The van der Waals surface area contributed by atoms with Gasteiger partial charge >= 0.3 is 0 Å². The number of rotatable bonds is 6. The van der Waals surface area contributed by atoms with Crippen molar-refractivity contribution in [3.63, 3.8) is 0 Å². The highest BCUT2D eigenvalue weighted by atomic mass is 35.5. The van der Waals surface area contributed by atoms with Gasteiger partial charge in [-0.2, -0.15) is 0 Å². The van der Waals surface area contributed by atoms with Gasteiger partial charge in [-0.3, -0.25) is 9.78 Å². The number of carbonyl (C=O) groups is 1. The van der Waals surface area contributed by atoms with Gasteiger partial charge in [-0.15, -0.1) is 0 Å². The summed E-state index contributed by atoms with van der Waals surface area (Å²) in [6.07, 6.45) is 4.30. The van der Waals surface area contributed by atoms with Gasteiger partial charge in [0.2, 0.25) is 0 Å². The number of likely N-dealkylation sites (tertiary alicyclic amines) is 1. The molecule has 1 saturated heterocycles. The fourth-order valence-electron chi connectivity index (χ4n) is 4.47. The third-order valence-electron chi connectivity index (χ3n) is 6.14. The van der Waals surface area contributed by atoms with E-state index in [4.69, 9.17) is 11.6 Å². The Bertz CT molecular complexity index is 877. The monoisotopic (exact) mass is 425 g/mol. The number of aromatic nitrogens is 1. The average molecular weight is 426 g/mol. The molecule has 2 atom stereocenters. The molecule has 0 saturated carbocycles. The SMILES string of the molecule is C=C([C@H](NC(=O)c1cccnc1)C(C)C)N1CC[C@H](c2ccc(Cl)cc2)C(C)(C)C1. The molecule has 1 aromatic carbocycles. The number of benzene rings is 1. The van der Waals surface area contributed by atoms with Gasteiger partial charge in [0.25, 0.3) is 5.91 Å². The van der Waals surface area contributed by atoms with Gasteiger partial charge < -0.3 is 10.2 Å². The van der Waals surface area contributed by atoms with E-state index in [1.54, 1.807) is 24.5 Å². The summed E-state index contributed by atoms with van der Waals surface area (Å²) >= 11 is 6.08. The van der Waals surface area contributed by atoms with Crippen molar-refractivity contribution in [2.24, 2.45) is 11.3 Å². The maximum atomic E-state index is 12.7. The van der Waals surface area contributed by atoms with Gasteiger partial charge in [0.15, 0.2) is 0 Å². The minimum atomic E-state index is -0.124. The number of piperidine rings is 1. The number of hydrogen-bond acceptors (Lipinski definition) is 3. The van der Waals surface area contributed by atoms with Gasteiger partial charge in [-0.25, -0.2) is 0 Å². The standard InChI is InChI=1S/C25H32ClN3O/c1-17(2)23(28-24(30)20-7-6-13-27-15-20)18(3)29-14-12-22(25(4,5)16-29)19-8-10-21(26)11-9-19/h6-11,13,15,17,22-23H,3,12,14,16H2,1-2,4-5H3,(H,28,30)/t22-,23-/m1/s1. The predicted octanol–water partition coefficient (Wildman–Crippen LogP) is 5.52. The quantitative estimate of drug-likeness (QED) is 0.662. The second-order valence-electron chi connectivity index (χ2n) is 9.23. The van der Waals surface area contributed by atoms with E-state index in [2.05, 4.69) is 61.6 Å². The van der Waals surface area contributed by atoms with Crippen LogP contribution in [0, 0.1) is 11.3 Å². The molecule has 2 heterocycles. The fraction of sp³-hybridized carbons (Fsp3) is 0.440. The number of amides is 1. The Morgan fingerprint density at radius 2 is 1.97 bits per heavy atom. The summed E-state index contributed by atoms with van der Waals surface area (Å²) in [7, 11) is 0. The smallest absolute Gasteiger partial charge is 0.253 e. The molecule has 1 fully saturated rings. The first kappa shape index (κ1) is 22.4. The third kappa shape index (κ3) is 5.04. The summed E-state index contributed by atoms with van der Waals surface area (Å²) < 4.78 is 0. The van der Waals surface area contributed by atoms with Crippen LogP contribution in [0.1, 0.15) is 56.0 Å². The van der Waals surface area contributed by atoms with Crippen LogP contribution in [0.25, 0.3) is 0 Å². The Hall–Kier alpha value is -2.33. The third-order valence-corrected chi connectivity index (χ3v) is 6.40. The van der Waals surface area contributed by atoms with Crippen molar-refractivity contribution in [2.45, 2.75) is 46.1 Å². The van der Waals surface area contributed by atoms with Crippen LogP contribution in [0.5, 0.6) is 0 Å². The zero-order valence-corrected chi connectivity index (χ0v) is 19.1. The molecule has 1 N–H and O–H groups in total. The van der Waals surface area contributed by atoms with Crippen molar-refractivity contribution in [1.29, 1.82) is 0 Å². The van der Waals surface area contributed by atoms with Crippen LogP contribution >= 0.6 is 11.6 Å². The van der Waals surface area contributed by atoms with E-state index < -0.39 is 0 Å². The summed E-state index contributed by atoms with van der Waals surface area (Å²) in [5.74, 6) is 0.579. The number of nitrogens with one attached hydrogen (secondary N) is 1. The molecule has 0 aliphatic carbocycles. The zero-order valence-electron chi connectivity index (χ0n) is 18.4. The lowest BCUT2D eigenvalue weighted by molar-refractivity contribution is 0.0888. The molecule has 2 aromatic rings. The summed E-state index contributed by atoms with van der Waals surface area (Å²) in [6, 6.07) is 11.7. The summed E-state index contributed by atoms with van der Waals surface area (Å²) in [4.78, 5) is 19.1. The highest BCUT2D eigenvalue weighted by molar-refractivity contribution is 6.30. The molecule has 1 amide bonds. The highest BCUT2D eigenvalue weighted by Gasteiger charge is 2.38. The van der Waals surface area contributed by atoms with Crippen LogP contribution in [0.4, 0.5) is 0 Å². The Labute approximate surface area is 185 Å². The van der Waals surface area contributed by atoms with E-state index in [0.29, 0.717) is 11.5 Å². The second-order valence-corrected chi connectivity index (χ2v) is 9.67. The minimum absolute atomic E-state index is 0.0733. The van der Waals surface area contributed by atoms with E-state index in [-0.39, 0.29) is 23.3 Å². The molecule has 0 radical (unpaired) electrons. The Balaban J connectivity index is 1.72. The molecule has 0 spiro atoms. The molecular weight excluding hydrogens is 394 g/mol. The molecule has 3 rings (SSSR count). The number of carbonyl (C=O) groups excluding carboxylic acids is 1. The molecule has 0 unspecified atom stereocenters. The number of hydrogen-bond donors (Lipinski definition) is 1. The van der Waals surface area contributed by atoms with Crippen molar-refractivity contribution >= 4 is 17.5 Å². The number of halogens is 1. The lowest BCUT2D eigenvalue weighted by atomic mass is 9.70. The van der Waals surface area contributed by atoms with Gasteiger partial charge in [0.1, 0.15) is 0 Å². The molecule has 0 bridgehead atoms. The van der Waals surface area contributed by atoms with Crippen molar-refractivity contribution in [3.05, 3.63) is 77.2 Å². The second kappa shape index (κ2) is 9.22. The molecule has 4 nitrogen and oxygen atoms in total. The summed E-state index contributed by atoms with van der Waals surface area (Å²) in [5, 5.41) is 3.94. The molecule has 1 aromatic heterocycles. The molecule has 160 valence electrons. The number of pyridine rings is 1. The van der Waals surface area contributed by atoms with E-state index in [1.165, 1.54) is 5.56 Å². The number of nitrogens with zero attached hydrogens (tertiary/aromatic N) is 2. The van der Waals surface area contributed by atoms with Crippen LogP contribution in [-0.4, -0.2) is 34.9 Å². The lowest BCUT2D eigenvalue weighted by Crippen LogP contribution is -2.50. The Morgan fingerprint density at radius 3 is 2.53 bits per heavy atom. The molecule has 1 aliphatic heterocycles. The van der Waals surface area contributed by atoms with Gasteiger partial charge in [-0.05, 0) is 53.5 Å². The highest BCUT2D eigenvalue weighted by Crippen LogP contribution is 2.43. The van der Waals surface area contributed by atoms with Crippen LogP contribution in [0.2, 0.25) is 5.02 Å². The lowest BCUT2D eigenvalue weighted by Gasteiger charge is -2.47. The van der Waals surface area contributed by atoms with E-state index in [9.17, 15) is 4.79 Å². The van der Waals surface area contributed by atoms with E-state index >= 15 is 0 Å². The summed E-state index contributed by atoms with van der Waals surface area (Å²) in [6.45, 7) is 15.1. The van der Waals surface area contributed by atoms with Crippen molar-refractivity contribution in [3.8, 4) is 0 Å². The maximum absolute atomic E-state index is 12.7. The first-order valence-electron chi connectivity index (χ1n) is 10.6. The van der Waals surface area contributed by atoms with Crippen LogP contribution < -0.4 is 5.32 Å². The van der Waals surface area contributed by atoms with E-state index in [1.807, 2.05) is 12.1 Å². The van der Waals surface area contributed by atoms with Crippen LogP contribution in [0.15, 0.2) is 61.1 Å². The molecule has 5 heteroatoms. The Kier molecular flexibility index (Phi) is 6.87. The normalized spacial score (nSPS) is 19.4. The average Bonchev–Trinajstić information content (AvgIpc) is 2.72. The minimum Gasteiger partial charge on any atom is -0.373 e. The first-order chi connectivity index (χ1) is 14.2. The van der Waals surface area contributed by atoms with Crippen molar-refractivity contribution < 1.29 is 4.79 Å². The molecule has 30 heavy (non-hydrogen) atoms. The first-order valence-corrected chi connectivity index (χ1v) is 11.0. The van der Waals surface area contributed by atoms with Crippen LogP contribution in [0.3, 0.4) is 0 Å². The molecular formula is C25H32ClN3O. The van der Waals surface area contributed by atoms with Crippen molar-refractivity contribution in [1.82, 2.24) is 15.2 Å². The van der Waals surface area contributed by atoms with Crippen molar-refractivity contribution in [2.75, 3.05) is 13.1 Å². The molecule has 1 aliphatic rings. The van der Waals surface area contributed by atoms with Gasteiger partial charge in [0.05, 0.1) is 11.6 Å². The fourth-order valence-corrected chi connectivity index (χ4v) is 4.59. The maximum Gasteiger partial charge on any atom is 0.253 e. The van der Waals surface area contributed by atoms with Crippen LogP contribution in [-0.2, 0) is 0 Å². The topological polar surface area (TPSA) is 45.2 Å². The van der Waals surface area contributed by atoms with Gasteiger partial charge in [0, 0.05) is 36.2 Å². The summed E-state index contributed by atoms with van der Waals surface area (Å²) in [5.41, 5.74) is 2.95. The predicted molar refractivity (Wildman–Crippen MR) is 124 cm³/mol. The Morgan fingerprint density at radius 1 is 1.27 bits per heavy atom. The van der Waals surface area contributed by atoms with E-state index in [0.717, 1.165) is 30.2 Å². The zero-order chi connectivity index (χ0) is 21.9.